The van der Waals surface area contributed by atoms with Crippen LogP contribution < -0.4 is 0 Å². The number of rotatable bonds is 4. The van der Waals surface area contributed by atoms with Crippen molar-refractivity contribution in [2.75, 3.05) is 0 Å². The minimum atomic E-state index is -0.758. The molecule has 3 rings (SSSR count). The average Bonchev–Trinajstić information content (AvgIpc) is 2.88. The van der Waals surface area contributed by atoms with Gasteiger partial charge < -0.3 is 4.98 Å². The van der Waals surface area contributed by atoms with Crippen molar-refractivity contribution < 1.29 is 9.31 Å². The third kappa shape index (κ3) is 2.75. The van der Waals surface area contributed by atoms with Crippen LogP contribution in [-0.4, -0.2) is 9.91 Å². The first-order valence-corrected chi connectivity index (χ1v) is 7.26. The van der Waals surface area contributed by atoms with E-state index in [-0.39, 0.29) is 0 Å². The Kier molecular flexibility index (Phi) is 3.62. The van der Waals surface area contributed by atoms with E-state index in [9.17, 15) is 14.5 Å². The van der Waals surface area contributed by atoms with Crippen molar-refractivity contribution in [3.05, 3.63) is 70.0 Å². The molecule has 1 N–H and O–H groups in total. The Bertz CT molecular complexity index is 783. The molecule has 1 heterocycles. The lowest BCUT2D eigenvalue weighted by Crippen LogP contribution is -1.96. The van der Waals surface area contributed by atoms with Gasteiger partial charge in [0.15, 0.2) is 0 Å². The molecule has 0 fully saturated rings. The summed E-state index contributed by atoms with van der Waals surface area (Å²) in [5.74, 6) is -0.425. The van der Waals surface area contributed by atoms with Crippen molar-refractivity contribution in [1.82, 2.24) is 4.98 Å². The number of para-hydroxylation sites is 1. The predicted octanol–water partition coefficient (Wildman–Crippen LogP) is 4.51. The van der Waals surface area contributed by atoms with Crippen LogP contribution in [0.1, 0.15) is 5.56 Å². The number of benzene rings is 2. The zero-order chi connectivity index (χ0) is 14.8. The third-order valence-corrected chi connectivity index (χ3v) is 4.13. The maximum absolute atomic E-state index is 14.0. The molecule has 0 saturated heterocycles. The molecule has 4 nitrogen and oxygen atoms in total. The topological polar surface area (TPSA) is 58.9 Å². The van der Waals surface area contributed by atoms with Crippen molar-refractivity contribution in [2.24, 2.45) is 0 Å². The summed E-state index contributed by atoms with van der Waals surface area (Å²) in [7, 11) is 0. The van der Waals surface area contributed by atoms with E-state index < -0.39 is 16.4 Å². The number of hydrogen-bond donors (Lipinski definition) is 1. The van der Waals surface area contributed by atoms with Gasteiger partial charge in [-0.25, -0.2) is 0 Å². The monoisotopic (exact) mass is 302 g/mol. The summed E-state index contributed by atoms with van der Waals surface area (Å²) in [4.78, 5) is 13.2. The number of fused-ring (bicyclic) bond motifs is 1. The highest BCUT2D eigenvalue weighted by molar-refractivity contribution is 7.98. The molecule has 0 radical (unpaired) electrons. The number of nitrogens with one attached hydrogen (secondary N) is 1. The first kappa shape index (κ1) is 13.6. The zero-order valence-electron chi connectivity index (χ0n) is 10.9. The van der Waals surface area contributed by atoms with Gasteiger partial charge in [-0.15, -0.1) is 11.8 Å². The number of H-pyrrole nitrogens is 1. The minimum Gasteiger partial charge on any atom is -0.350 e. The van der Waals surface area contributed by atoms with Crippen LogP contribution in [0.3, 0.4) is 0 Å². The van der Waals surface area contributed by atoms with Gasteiger partial charge in [0.2, 0.25) is 5.82 Å². The highest BCUT2D eigenvalue weighted by atomic mass is 32.2. The summed E-state index contributed by atoms with van der Waals surface area (Å²) < 4.78 is 14.0. The van der Waals surface area contributed by atoms with Gasteiger partial charge in [0.25, 0.3) is 0 Å². The van der Waals surface area contributed by atoms with E-state index in [1.54, 1.807) is 6.07 Å². The van der Waals surface area contributed by atoms with Gasteiger partial charge in [0.1, 0.15) is 0 Å². The minimum absolute atomic E-state index is 0.327. The molecule has 6 heteroatoms. The molecule has 0 amide bonds. The number of nitro benzene ring substituents is 1. The number of nitro groups is 1. The summed E-state index contributed by atoms with van der Waals surface area (Å²) in [5, 5.41) is 12.7. The van der Waals surface area contributed by atoms with Crippen molar-refractivity contribution >= 4 is 28.4 Å². The second-order valence-corrected chi connectivity index (χ2v) is 5.53. The second kappa shape index (κ2) is 5.57. The molecule has 21 heavy (non-hydrogen) atoms. The van der Waals surface area contributed by atoms with Crippen LogP contribution in [-0.2, 0) is 5.75 Å². The first-order chi connectivity index (χ1) is 10.1. The standard InChI is InChI=1S/C15H11FN2O2S/c16-15-11(5-3-7-13(15)18(19)20)9-21-14-8-10-4-1-2-6-12(10)17-14/h1-8,17H,9H2. The van der Waals surface area contributed by atoms with E-state index in [2.05, 4.69) is 4.98 Å². The Morgan fingerprint density at radius 3 is 2.76 bits per heavy atom. The molecular formula is C15H11FN2O2S. The Morgan fingerprint density at radius 2 is 2.00 bits per heavy atom. The quantitative estimate of drug-likeness (QED) is 0.438. The largest absolute Gasteiger partial charge is 0.350 e. The summed E-state index contributed by atoms with van der Waals surface area (Å²) in [6.45, 7) is 0. The molecule has 0 spiro atoms. The molecule has 0 bridgehead atoms. The number of halogens is 1. The van der Waals surface area contributed by atoms with Crippen molar-refractivity contribution in [3.8, 4) is 0 Å². The van der Waals surface area contributed by atoms with Crippen molar-refractivity contribution in [1.29, 1.82) is 0 Å². The Morgan fingerprint density at radius 1 is 1.19 bits per heavy atom. The first-order valence-electron chi connectivity index (χ1n) is 6.27. The van der Waals surface area contributed by atoms with E-state index in [1.165, 1.54) is 23.9 Å². The molecule has 0 unspecified atom stereocenters. The third-order valence-electron chi connectivity index (χ3n) is 3.14. The summed E-state index contributed by atoms with van der Waals surface area (Å²) in [6, 6.07) is 14.1. The molecule has 0 atom stereocenters. The number of thioether (sulfide) groups is 1. The Balaban J connectivity index is 1.81. The van der Waals surface area contributed by atoms with Gasteiger partial charge >= 0.3 is 5.69 Å². The van der Waals surface area contributed by atoms with Crippen LogP contribution >= 0.6 is 11.8 Å². The van der Waals surface area contributed by atoms with Crippen LogP contribution in [0.5, 0.6) is 0 Å². The normalized spacial score (nSPS) is 10.9. The van der Waals surface area contributed by atoms with Crippen molar-refractivity contribution in [2.45, 2.75) is 10.8 Å². The zero-order valence-corrected chi connectivity index (χ0v) is 11.7. The van der Waals surface area contributed by atoms with Crippen LogP contribution in [0.15, 0.2) is 53.6 Å². The highest BCUT2D eigenvalue weighted by Gasteiger charge is 2.17. The number of nitrogens with zero attached hydrogens (tertiary/aromatic N) is 1. The SMILES string of the molecule is O=[N+]([O-])c1cccc(CSc2cc3ccccc3[nH]2)c1F. The molecule has 1 aromatic heterocycles. The van der Waals surface area contributed by atoms with E-state index >= 15 is 0 Å². The lowest BCUT2D eigenvalue weighted by Gasteiger charge is -2.02. The molecular weight excluding hydrogens is 291 g/mol. The highest BCUT2D eigenvalue weighted by Crippen LogP contribution is 2.29. The van der Waals surface area contributed by atoms with Gasteiger partial charge in [-0.2, -0.15) is 4.39 Å². The molecule has 106 valence electrons. The molecule has 0 aliphatic heterocycles. The van der Waals surface area contributed by atoms with E-state index in [0.717, 1.165) is 15.9 Å². The summed E-state index contributed by atoms with van der Waals surface area (Å²) in [6.07, 6.45) is 0. The summed E-state index contributed by atoms with van der Waals surface area (Å²) >= 11 is 1.42. The van der Waals surface area contributed by atoms with Crippen LogP contribution in [0, 0.1) is 15.9 Å². The van der Waals surface area contributed by atoms with Crippen LogP contribution in [0.2, 0.25) is 0 Å². The maximum Gasteiger partial charge on any atom is 0.305 e. The van der Waals surface area contributed by atoms with Gasteiger partial charge in [-0.05, 0) is 12.1 Å². The number of aromatic nitrogens is 1. The van der Waals surface area contributed by atoms with E-state index in [4.69, 9.17) is 0 Å². The lowest BCUT2D eigenvalue weighted by molar-refractivity contribution is -0.387. The van der Waals surface area contributed by atoms with E-state index in [1.807, 2.05) is 30.3 Å². The maximum atomic E-state index is 14.0. The lowest BCUT2D eigenvalue weighted by atomic mass is 10.2. The van der Waals surface area contributed by atoms with Crippen LogP contribution in [0.25, 0.3) is 10.9 Å². The second-order valence-electron chi connectivity index (χ2n) is 4.52. The number of aromatic amines is 1. The smallest absolute Gasteiger partial charge is 0.305 e. The number of hydrogen-bond acceptors (Lipinski definition) is 3. The molecule has 0 saturated carbocycles. The Labute approximate surface area is 124 Å². The van der Waals surface area contributed by atoms with Gasteiger partial charge in [-0.1, -0.05) is 30.3 Å². The van der Waals surface area contributed by atoms with Crippen LogP contribution in [0.4, 0.5) is 10.1 Å². The van der Waals surface area contributed by atoms with Crippen molar-refractivity contribution in [3.63, 3.8) is 0 Å². The fraction of sp³-hybridized carbons (Fsp3) is 0.0667. The van der Waals surface area contributed by atoms with E-state index in [0.29, 0.717) is 11.3 Å². The molecule has 2 aromatic carbocycles. The molecule has 0 aliphatic carbocycles. The Hall–Kier alpha value is -2.34. The summed E-state index contributed by atoms with van der Waals surface area (Å²) in [5.41, 5.74) is 0.858. The molecule has 0 aliphatic rings. The fourth-order valence-electron chi connectivity index (χ4n) is 2.10. The average molecular weight is 302 g/mol. The molecule has 3 aromatic rings. The fourth-order valence-corrected chi connectivity index (χ4v) is 3.03. The van der Waals surface area contributed by atoms with Gasteiger partial charge in [-0.3, -0.25) is 10.1 Å². The predicted molar refractivity (Wildman–Crippen MR) is 80.9 cm³/mol. The van der Waals surface area contributed by atoms with Gasteiger partial charge in [0.05, 0.1) is 9.95 Å². The van der Waals surface area contributed by atoms with Gasteiger partial charge in [0, 0.05) is 28.3 Å².